The van der Waals surface area contributed by atoms with Gasteiger partial charge in [0, 0.05) is 4.47 Å². The molecule has 0 radical (unpaired) electrons. The maximum Gasteiger partial charge on any atom is 0.265 e. The first-order valence-corrected chi connectivity index (χ1v) is 8.45. The highest BCUT2D eigenvalue weighted by atomic mass is 79.9. The van der Waals surface area contributed by atoms with Gasteiger partial charge in [-0.25, -0.2) is 8.42 Å². The second-order valence-corrected chi connectivity index (χ2v) is 7.32. The molecule has 20 heavy (non-hydrogen) atoms. The van der Waals surface area contributed by atoms with Gasteiger partial charge in [0.2, 0.25) is 0 Å². The molecular weight excluding hydrogens is 389 g/mol. The third-order valence-electron chi connectivity index (χ3n) is 2.61. The maximum absolute atomic E-state index is 12.4. The van der Waals surface area contributed by atoms with Crippen LogP contribution in [-0.4, -0.2) is 18.6 Å². The largest absolute Gasteiger partial charge is 0.281 e. The summed E-state index contributed by atoms with van der Waals surface area (Å²) in [5, 5.41) is 6.87. The zero-order chi connectivity index (χ0) is 15.1. The van der Waals surface area contributed by atoms with E-state index in [-0.39, 0.29) is 20.6 Å². The van der Waals surface area contributed by atoms with Gasteiger partial charge in [-0.05, 0) is 41.9 Å². The smallest absolute Gasteiger partial charge is 0.265 e. The van der Waals surface area contributed by atoms with E-state index in [1.807, 2.05) is 0 Å². The molecule has 0 aliphatic heterocycles. The van der Waals surface area contributed by atoms with E-state index in [0.717, 1.165) is 0 Å². The standard InChI is InChI=1S/C11H10BrCl2N3O2S/c1-5-11(6(2)16-15-5)20(18,19)17-8-4-3-7(12)9(13)10(8)14/h3-4,17H,1-2H3,(H,15,16). The van der Waals surface area contributed by atoms with Crippen LogP contribution >= 0.6 is 39.1 Å². The Kier molecular flexibility index (Phi) is 4.34. The molecule has 0 aliphatic rings. The van der Waals surface area contributed by atoms with E-state index in [9.17, 15) is 8.42 Å². The lowest BCUT2D eigenvalue weighted by Crippen LogP contribution is -2.15. The number of halogens is 3. The van der Waals surface area contributed by atoms with E-state index >= 15 is 0 Å². The molecule has 2 aromatic rings. The van der Waals surface area contributed by atoms with Crippen molar-refractivity contribution in [3.05, 3.63) is 38.0 Å². The SMILES string of the molecule is Cc1n[nH]c(C)c1S(=O)(=O)Nc1ccc(Br)c(Cl)c1Cl. The third-order valence-corrected chi connectivity index (χ3v) is 6.01. The molecular formula is C11H10BrCl2N3O2S. The number of H-pyrrole nitrogens is 1. The number of sulfonamides is 1. The van der Waals surface area contributed by atoms with Gasteiger partial charge >= 0.3 is 0 Å². The Balaban J connectivity index is 2.47. The molecule has 0 aliphatic carbocycles. The molecule has 0 spiro atoms. The summed E-state index contributed by atoms with van der Waals surface area (Å²) in [4.78, 5) is 0.104. The molecule has 0 atom stereocenters. The van der Waals surface area contributed by atoms with Gasteiger partial charge in [0.25, 0.3) is 10.0 Å². The number of nitrogens with one attached hydrogen (secondary N) is 2. The second kappa shape index (κ2) is 5.55. The lowest BCUT2D eigenvalue weighted by molar-refractivity contribution is 0.600. The molecule has 2 N–H and O–H groups in total. The molecule has 0 saturated carbocycles. The monoisotopic (exact) mass is 397 g/mol. The summed E-state index contributed by atoms with van der Waals surface area (Å²) >= 11 is 15.2. The van der Waals surface area contributed by atoms with Crippen molar-refractivity contribution in [3.8, 4) is 0 Å². The van der Waals surface area contributed by atoms with Crippen molar-refractivity contribution < 1.29 is 8.42 Å². The zero-order valence-corrected chi connectivity index (χ0v) is 14.4. The van der Waals surface area contributed by atoms with Crippen molar-refractivity contribution in [3.63, 3.8) is 0 Å². The summed E-state index contributed by atoms with van der Waals surface area (Å²) in [6, 6.07) is 3.14. The lowest BCUT2D eigenvalue weighted by Gasteiger charge is -2.11. The Morgan fingerprint density at radius 2 is 1.90 bits per heavy atom. The number of aromatic amines is 1. The predicted octanol–water partition coefficient (Wildman–Crippen LogP) is 3.90. The van der Waals surface area contributed by atoms with E-state index in [1.54, 1.807) is 19.9 Å². The Morgan fingerprint density at radius 1 is 1.25 bits per heavy atom. The Labute approximate surface area is 134 Å². The van der Waals surface area contributed by atoms with Crippen molar-refractivity contribution in [2.45, 2.75) is 18.7 Å². The molecule has 1 aromatic carbocycles. The van der Waals surface area contributed by atoms with E-state index in [2.05, 4.69) is 30.8 Å². The molecule has 1 heterocycles. The van der Waals surface area contributed by atoms with Crippen LogP contribution in [0.1, 0.15) is 11.4 Å². The number of rotatable bonds is 3. The summed E-state index contributed by atoms with van der Waals surface area (Å²) in [5.74, 6) is 0. The molecule has 9 heteroatoms. The van der Waals surface area contributed by atoms with Crippen LogP contribution in [0.15, 0.2) is 21.5 Å². The minimum absolute atomic E-state index is 0.104. The van der Waals surface area contributed by atoms with Crippen LogP contribution < -0.4 is 4.72 Å². The van der Waals surface area contributed by atoms with Crippen molar-refractivity contribution in [2.75, 3.05) is 4.72 Å². The highest BCUT2D eigenvalue weighted by Crippen LogP contribution is 2.37. The van der Waals surface area contributed by atoms with Crippen LogP contribution in [0, 0.1) is 13.8 Å². The topological polar surface area (TPSA) is 74.8 Å². The average Bonchev–Trinajstić information content (AvgIpc) is 2.70. The van der Waals surface area contributed by atoms with E-state index in [4.69, 9.17) is 23.2 Å². The fourth-order valence-corrected chi connectivity index (χ4v) is 4.06. The van der Waals surface area contributed by atoms with Gasteiger partial charge in [0.15, 0.2) is 0 Å². The van der Waals surface area contributed by atoms with Crippen LogP contribution in [-0.2, 0) is 10.0 Å². The summed E-state index contributed by atoms with van der Waals surface area (Å²) in [5.41, 5.74) is 1.04. The normalized spacial score (nSPS) is 11.7. The van der Waals surface area contributed by atoms with Gasteiger partial charge in [0.05, 0.1) is 27.1 Å². The zero-order valence-electron chi connectivity index (χ0n) is 10.5. The van der Waals surface area contributed by atoms with Gasteiger partial charge in [-0.15, -0.1) is 0 Å². The van der Waals surface area contributed by atoms with Crippen molar-refractivity contribution in [1.29, 1.82) is 0 Å². The molecule has 1 aromatic heterocycles. The molecule has 0 unspecified atom stereocenters. The van der Waals surface area contributed by atoms with Gasteiger partial charge in [0.1, 0.15) is 4.90 Å². The van der Waals surface area contributed by atoms with Gasteiger partial charge in [-0.3, -0.25) is 9.82 Å². The molecule has 0 bridgehead atoms. The number of anilines is 1. The number of aromatic nitrogens is 2. The van der Waals surface area contributed by atoms with Gasteiger partial charge in [-0.2, -0.15) is 5.10 Å². The van der Waals surface area contributed by atoms with Crippen LogP contribution in [0.3, 0.4) is 0 Å². The summed E-state index contributed by atoms with van der Waals surface area (Å²) < 4.78 is 27.7. The Bertz CT molecular complexity index is 755. The number of nitrogens with zero attached hydrogens (tertiary/aromatic N) is 1. The number of aryl methyl sites for hydroxylation is 2. The van der Waals surface area contributed by atoms with E-state index < -0.39 is 10.0 Å². The minimum Gasteiger partial charge on any atom is -0.281 e. The second-order valence-electron chi connectivity index (χ2n) is 4.09. The first-order chi connectivity index (χ1) is 9.24. The van der Waals surface area contributed by atoms with Crippen LogP contribution in [0.5, 0.6) is 0 Å². The highest BCUT2D eigenvalue weighted by molar-refractivity contribution is 9.10. The van der Waals surface area contributed by atoms with E-state index in [0.29, 0.717) is 15.9 Å². The number of hydrogen-bond donors (Lipinski definition) is 2. The highest BCUT2D eigenvalue weighted by Gasteiger charge is 2.23. The number of benzene rings is 1. The summed E-state index contributed by atoms with van der Waals surface area (Å²) in [7, 11) is -3.79. The fourth-order valence-electron chi connectivity index (χ4n) is 1.74. The molecule has 5 nitrogen and oxygen atoms in total. The van der Waals surface area contributed by atoms with Gasteiger partial charge in [-0.1, -0.05) is 23.2 Å². The Morgan fingerprint density at radius 3 is 2.45 bits per heavy atom. The Hall–Kier alpha value is -0.760. The quantitative estimate of drug-likeness (QED) is 0.770. The average molecular weight is 399 g/mol. The van der Waals surface area contributed by atoms with E-state index in [1.165, 1.54) is 6.07 Å². The summed E-state index contributed by atoms with van der Waals surface area (Å²) in [6.45, 7) is 3.24. The molecule has 108 valence electrons. The molecule has 2 rings (SSSR count). The molecule has 0 saturated heterocycles. The van der Waals surface area contributed by atoms with Crippen LogP contribution in [0.4, 0.5) is 5.69 Å². The fraction of sp³-hybridized carbons (Fsp3) is 0.182. The summed E-state index contributed by atoms with van der Waals surface area (Å²) in [6.07, 6.45) is 0. The molecule has 0 amide bonds. The molecule has 0 fully saturated rings. The third kappa shape index (κ3) is 2.81. The minimum atomic E-state index is -3.79. The van der Waals surface area contributed by atoms with Crippen molar-refractivity contribution in [2.24, 2.45) is 0 Å². The van der Waals surface area contributed by atoms with Crippen molar-refractivity contribution in [1.82, 2.24) is 10.2 Å². The van der Waals surface area contributed by atoms with Crippen molar-refractivity contribution >= 4 is 54.8 Å². The first-order valence-electron chi connectivity index (χ1n) is 5.42. The lowest BCUT2D eigenvalue weighted by atomic mass is 10.3. The van der Waals surface area contributed by atoms with Gasteiger partial charge < -0.3 is 0 Å². The number of hydrogen-bond acceptors (Lipinski definition) is 3. The van der Waals surface area contributed by atoms with Crippen LogP contribution in [0.2, 0.25) is 10.0 Å². The van der Waals surface area contributed by atoms with Crippen LogP contribution in [0.25, 0.3) is 0 Å². The maximum atomic E-state index is 12.4. The predicted molar refractivity (Wildman–Crippen MR) is 83.0 cm³/mol. The first kappa shape index (κ1) is 15.6.